The number of nitrogens with zero attached hydrogens (tertiary/aromatic N) is 2. The first kappa shape index (κ1) is 21.1. The van der Waals surface area contributed by atoms with Crippen molar-refractivity contribution >= 4 is 5.91 Å². The minimum absolute atomic E-state index is 0. The van der Waals surface area contributed by atoms with E-state index in [9.17, 15) is 4.79 Å². The average molecular weight is 402 g/mol. The summed E-state index contributed by atoms with van der Waals surface area (Å²) in [7, 11) is 3.23. The van der Waals surface area contributed by atoms with E-state index >= 15 is 0 Å². The number of rotatable bonds is 7. The maximum Gasteiger partial charge on any atom is 0.253 e. The number of carbonyl (C=O) groups is 1. The highest BCUT2D eigenvalue weighted by Crippen LogP contribution is 2.39. The van der Waals surface area contributed by atoms with E-state index in [4.69, 9.17) is 9.47 Å². The summed E-state index contributed by atoms with van der Waals surface area (Å²) in [6.45, 7) is 4.23. The van der Waals surface area contributed by atoms with Crippen LogP contribution in [0, 0.1) is 12.8 Å². The Hall–Kier alpha value is -2.63. The number of carbonyl (C=O) groups excluding carboxylic acids is 1. The highest BCUT2D eigenvalue weighted by molar-refractivity contribution is 5.94. The van der Waals surface area contributed by atoms with Crippen LogP contribution in [-0.2, 0) is 0 Å². The molecule has 6 nitrogen and oxygen atoms in total. The first-order valence-electron chi connectivity index (χ1n) is 10.4. The van der Waals surface area contributed by atoms with Gasteiger partial charge in [-0.25, -0.2) is 9.97 Å². The van der Waals surface area contributed by atoms with E-state index in [1.165, 1.54) is 5.56 Å². The van der Waals surface area contributed by atoms with E-state index in [1.807, 2.05) is 6.20 Å². The van der Waals surface area contributed by atoms with E-state index in [2.05, 4.69) is 35.2 Å². The van der Waals surface area contributed by atoms with Crippen molar-refractivity contribution in [3.05, 3.63) is 47.3 Å². The third-order valence-corrected chi connectivity index (χ3v) is 6.14. The normalized spacial score (nSPS) is 20.0. The molecule has 0 aliphatic heterocycles. The number of ether oxygens (including phenoxy) is 2. The molecule has 6 heteroatoms. The minimum Gasteiger partial charge on any atom is -0.481 e. The van der Waals surface area contributed by atoms with Crippen molar-refractivity contribution in [3.63, 3.8) is 0 Å². The van der Waals surface area contributed by atoms with Crippen molar-refractivity contribution in [1.82, 2.24) is 15.3 Å². The maximum absolute atomic E-state index is 12.6. The Balaban J connectivity index is 0.00000240. The van der Waals surface area contributed by atoms with Crippen LogP contribution in [0.1, 0.15) is 69.3 Å². The summed E-state index contributed by atoms with van der Waals surface area (Å²) in [5.41, 5.74) is 3.06. The van der Waals surface area contributed by atoms with Crippen LogP contribution in [0.25, 0.3) is 0 Å². The molecule has 0 unspecified atom stereocenters. The highest BCUT2D eigenvalue weighted by Gasteiger charge is 2.29. The van der Waals surface area contributed by atoms with Crippen LogP contribution in [0.4, 0.5) is 0 Å². The molecule has 0 saturated heterocycles. The van der Waals surface area contributed by atoms with Crippen molar-refractivity contribution in [2.24, 2.45) is 5.92 Å². The SMILES string of the molecule is CC[C@H](NC(=O)c1ccc(OC)nc1)C1CCC(c2ccnc(OC)c2C)CC1.[HH].[HH]. The van der Waals surface area contributed by atoms with Crippen molar-refractivity contribution in [2.75, 3.05) is 14.2 Å². The summed E-state index contributed by atoms with van der Waals surface area (Å²) in [5, 5.41) is 3.22. The van der Waals surface area contributed by atoms with Crippen LogP contribution in [0.15, 0.2) is 30.6 Å². The smallest absolute Gasteiger partial charge is 0.253 e. The van der Waals surface area contributed by atoms with Crippen LogP contribution in [0.2, 0.25) is 0 Å². The molecule has 1 fully saturated rings. The minimum atomic E-state index is -0.0659. The molecule has 1 saturated carbocycles. The highest BCUT2D eigenvalue weighted by atomic mass is 16.5. The van der Waals surface area contributed by atoms with Crippen molar-refractivity contribution in [3.8, 4) is 11.8 Å². The topological polar surface area (TPSA) is 73.3 Å². The number of amides is 1. The molecule has 160 valence electrons. The average Bonchev–Trinajstić information content (AvgIpc) is 2.77. The number of aromatic nitrogens is 2. The molecule has 1 aliphatic carbocycles. The number of hydrogen-bond donors (Lipinski definition) is 1. The zero-order valence-corrected chi connectivity index (χ0v) is 17.8. The Morgan fingerprint density at radius 1 is 1.17 bits per heavy atom. The molecule has 2 heterocycles. The molecule has 0 bridgehead atoms. The number of nitrogens with one attached hydrogen (secondary N) is 1. The Labute approximate surface area is 176 Å². The molecule has 1 atom stereocenters. The quantitative estimate of drug-likeness (QED) is 0.723. The molecule has 0 radical (unpaired) electrons. The molecule has 0 spiro atoms. The zero-order chi connectivity index (χ0) is 20.8. The number of hydrogen-bond acceptors (Lipinski definition) is 5. The van der Waals surface area contributed by atoms with Gasteiger partial charge in [-0.05, 0) is 68.6 Å². The van der Waals surface area contributed by atoms with Crippen LogP contribution < -0.4 is 14.8 Å². The predicted octanol–water partition coefficient (Wildman–Crippen LogP) is 4.78. The molecule has 1 amide bonds. The van der Waals surface area contributed by atoms with Crippen LogP contribution >= 0.6 is 0 Å². The molecular formula is C23H35N3O3. The summed E-state index contributed by atoms with van der Waals surface area (Å²) in [4.78, 5) is 21.1. The van der Waals surface area contributed by atoms with Gasteiger partial charge in [-0.2, -0.15) is 0 Å². The third kappa shape index (κ3) is 4.86. The van der Waals surface area contributed by atoms with Gasteiger partial charge in [-0.15, -0.1) is 0 Å². The second kappa shape index (κ2) is 9.72. The third-order valence-electron chi connectivity index (χ3n) is 6.14. The van der Waals surface area contributed by atoms with Gasteiger partial charge in [-0.3, -0.25) is 4.79 Å². The van der Waals surface area contributed by atoms with Gasteiger partial charge in [0.05, 0.1) is 19.8 Å². The van der Waals surface area contributed by atoms with E-state index in [-0.39, 0.29) is 14.8 Å². The fraction of sp³-hybridized carbons (Fsp3) is 0.522. The largest absolute Gasteiger partial charge is 0.481 e. The van der Waals surface area contributed by atoms with Crippen LogP contribution in [0.3, 0.4) is 0 Å². The molecule has 1 N–H and O–H groups in total. The van der Waals surface area contributed by atoms with E-state index < -0.39 is 0 Å². The summed E-state index contributed by atoms with van der Waals surface area (Å²) in [5.74, 6) is 2.19. The maximum atomic E-state index is 12.6. The monoisotopic (exact) mass is 401 g/mol. The summed E-state index contributed by atoms with van der Waals surface area (Å²) in [6, 6.07) is 5.77. The van der Waals surface area contributed by atoms with Crippen molar-refractivity contribution in [2.45, 2.75) is 57.9 Å². The van der Waals surface area contributed by atoms with E-state index in [0.29, 0.717) is 23.3 Å². The lowest BCUT2D eigenvalue weighted by Crippen LogP contribution is -2.41. The molecule has 3 rings (SSSR count). The van der Waals surface area contributed by atoms with E-state index in [1.54, 1.807) is 32.5 Å². The lowest BCUT2D eigenvalue weighted by Gasteiger charge is -2.34. The van der Waals surface area contributed by atoms with Gasteiger partial charge in [0, 0.05) is 32.9 Å². The first-order chi connectivity index (χ1) is 14.1. The Morgan fingerprint density at radius 2 is 1.93 bits per heavy atom. The van der Waals surface area contributed by atoms with E-state index in [0.717, 1.165) is 43.5 Å². The van der Waals surface area contributed by atoms with Crippen LogP contribution in [-0.4, -0.2) is 36.1 Å². The van der Waals surface area contributed by atoms with Crippen LogP contribution in [0.5, 0.6) is 11.8 Å². The zero-order valence-electron chi connectivity index (χ0n) is 17.8. The fourth-order valence-electron chi connectivity index (χ4n) is 4.45. The standard InChI is InChI=1S/C23H31N3O3.2H2/c1-5-20(26-22(27)18-10-11-21(28-3)25-14-18)17-8-6-16(7-9-17)19-12-13-24-23(29-4)15(19)2;;/h10-14,16-17,20H,5-9H2,1-4H3,(H,26,27);2*1H/t16?,17?,20-;;/m0../s1. The fourth-order valence-corrected chi connectivity index (χ4v) is 4.45. The number of pyridine rings is 2. The Bertz CT molecular complexity index is 825. The van der Waals surface area contributed by atoms with Crippen molar-refractivity contribution < 1.29 is 17.1 Å². The van der Waals surface area contributed by atoms with Crippen molar-refractivity contribution in [1.29, 1.82) is 0 Å². The lowest BCUT2D eigenvalue weighted by atomic mass is 9.75. The molecule has 2 aromatic heterocycles. The van der Waals surface area contributed by atoms with Gasteiger partial charge in [0.2, 0.25) is 11.8 Å². The number of methoxy groups -OCH3 is 2. The summed E-state index contributed by atoms with van der Waals surface area (Å²) < 4.78 is 10.4. The Kier molecular flexibility index (Phi) is 7.07. The second-order valence-corrected chi connectivity index (χ2v) is 7.72. The second-order valence-electron chi connectivity index (χ2n) is 7.72. The predicted molar refractivity (Wildman–Crippen MR) is 117 cm³/mol. The van der Waals surface area contributed by atoms with Gasteiger partial charge in [-0.1, -0.05) is 6.92 Å². The van der Waals surface area contributed by atoms with Gasteiger partial charge in [0.1, 0.15) is 0 Å². The molecule has 1 aliphatic rings. The van der Waals surface area contributed by atoms with Gasteiger partial charge in [0.15, 0.2) is 0 Å². The van der Waals surface area contributed by atoms with Gasteiger partial charge >= 0.3 is 0 Å². The first-order valence-corrected chi connectivity index (χ1v) is 10.4. The molecule has 29 heavy (non-hydrogen) atoms. The molecule has 2 aromatic rings. The Morgan fingerprint density at radius 3 is 2.52 bits per heavy atom. The molecular weight excluding hydrogens is 366 g/mol. The summed E-state index contributed by atoms with van der Waals surface area (Å²) >= 11 is 0. The molecule has 0 aromatic carbocycles. The van der Waals surface area contributed by atoms with Gasteiger partial charge in [0.25, 0.3) is 5.91 Å². The van der Waals surface area contributed by atoms with Gasteiger partial charge < -0.3 is 14.8 Å². The lowest BCUT2D eigenvalue weighted by molar-refractivity contribution is 0.0909. The summed E-state index contributed by atoms with van der Waals surface area (Å²) in [6.07, 6.45) is 8.78.